The first kappa shape index (κ1) is 12.9. The van der Waals surface area contributed by atoms with Crippen LogP contribution in [-0.4, -0.2) is 5.11 Å². The number of halogens is 1. The summed E-state index contributed by atoms with van der Waals surface area (Å²) in [6.07, 6.45) is 0. The average Bonchev–Trinajstić information content (AvgIpc) is 2.48. The highest BCUT2D eigenvalue weighted by atomic mass is 79.9. The number of hydrogen-bond acceptors (Lipinski definition) is 1. The van der Waals surface area contributed by atoms with Gasteiger partial charge in [0.1, 0.15) is 5.75 Å². The number of benzene rings is 3. The predicted molar refractivity (Wildman–Crippen MR) is 86.7 cm³/mol. The van der Waals surface area contributed by atoms with Gasteiger partial charge in [0, 0.05) is 4.47 Å². The smallest absolute Gasteiger partial charge is 0.116 e. The monoisotopic (exact) mass is 324 g/mol. The summed E-state index contributed by atoms with van der Waals surface area (Å²) in [7, 11) is 0. The van der Waals surface area contributed by atoms with Gasteiger partial charge in [-0.05, 0) is 46.5 Å². The summed E-state index contributed by atoms with van der Waals surface area (Å²) in [6.45, 7) is 0. The largest absolute Gasteiger partial charge is 0.508 e. The quantitative estimate of drug-likeness (QED) is 0.661. The summed E-state index contributed by atoms with van der Waals surface area (Å²) in [4.78, 5) is 0. The molecule has 0 radical (unpaired) electrons. The number of phenols is 1. The Hall–Kier alpha value is -2.06. The zero-order chi connectivity index (χ0) is 13.9. The maximum Gasteiger partial charge on any atom is 0.116 e. The molecule has 1 N–H and O–H groups in total. The molecule has 0 aliphatic carbocycles. The van der Waals surface area contributed by atoms with Crippen LogP contribution in [0, 0.1) is 0 Å². The zero-order valence-electron chi connectivity index (χ0n) is 10.8. The van der Waals surface area contributed by atoms with E-state index in [1.807, 2.05) is 36.4 Å². The van der Waals surface area contributed by atoms with Crippen LogP contribution in [0.1, 0.15) is 0 Å². The Morgan fingerprint density at radius 2 is 1.30 bits per heavy atom. The van der Waals surface area contributed by atoms with Gasteiger partial charge in [0.15, 0.2) is 0 Å². The average molecular weight is 325 g/mol. The Morgan fingerprint density at radius 3 is 1.95 bits per heavy atom. The van der Waals surface area contributed by atoms with Crippen LogP contribution in [0.25, 0.3) is 22.3 Å². The molecule has 0 saturated carbocycles. The number of hydrogen-bond donors (Lipinski definition) is 1. The molecule has 0 bridgehead atoms. The Balaban J connectivity index is 2.16. The molecule has 98 valence electrons. The third-order valence-electron chi connectivity index (χ3n) is 3.24. The molecule has 3 aromatic rings. The molecule has 0 saturated heterocycles. The summed E-state index contributed by atoms with van der Waals surface area (Å²) in [5.41, 5.74) is 4.45. The van der Waals surface area contributed by atoms with Gasteiger partial charge >= 0.3 is 0 Å². The number of rotatable bonds is 2. The molecule has 0 aliphatic rings. The van der Waals surface area contributed by atoms with Crippen LogP contribution in [0.15, 0.2) is 77.3 Å². The molecule has 20 heavy (non-hydrogen) atoms. The van der Waals surface area contributed by atoms with Gasteiger partial charge in [-0.25, -0.2) is 0 Å². The first-order valence-electron chi connectivity index (χ1n) is 6.38. The molecule has 0 aliphatic heterocycles. The van der Waals surface area contributed by atoms with E-state index < -0.39 is 0 Å². The molecule has 0 atom stereocenters. The second-order valence-corrected chi connectivity index (χ2v) is 5.52. The standard InChI is InChI=1S/C18H13BrO/c19-15-10-8-13(9-11-15)17-6-1-2-7-18(17)14-4-3-5-16(20)12-14/h1-12,20H. The summed E-state index contributed by atoms with van der Waals surface area (Å²) in [5.74, 6) is 0.285. The lowest BCUT2D eigenvalue weighted by Crippen LogP contribution is -1.84. The van der Waals surface area contributed by atoms with Crippen molar-refractivity contribution in [1.82, 2.24) is 0 Å². The van der Waals surface area contributed by atoms with Crippen LogP contribution in [0.3, 0.4) is 0 Å². The van der Waals surface area contributed by atoms with Crippen molar-refractivity contribution >= 4 is 15.9 Å². The molecular weight excluding hydrogens is 312 g/mol. The lowest BCUT2D eigenvalue weighted by molar-refractivity contribution is 0.475. The Bertz CT molecular complexity index is 732. The van der Waals surface area contributed by atoms with Gasteiger partial charge in [0.05, 0.1) is 0 Å². The SMILES string of the molecule is Oc1cccc(-c2ccccc2-c2ccc(Br)cc2)c1. The van der Waals surface area contributed by atoms with Gasteiger partial charge < -0.3 is 5.11 Å². The summed E-state index contributed by atoms with van der Waals surface area (Å²) < 4.78 is 1.07. The van der Waals surface area contributed by atoms with E-state index in [0.29, 0.717) is 0 Å². The van der Waals surface area contributed by atoms with Crippen molar-refractivity contribution in [3.63, 3.8) is 0 Å². The third-order valence-corrected chi connectivity index (χ3v) is 3.77. The predicted octanol–water partition coefficient (Wildman–Crippen LogP) is 5.49. The van der Waals surface area contributed by atoms with E-state index in [-0.39, 0.29) is 5.75 Å². The van der Waals surface area contributed by atoms with Crippen molar-refractivity contribution in [3.8, 4) is 28.0 Å². The minimum atomic E-state index is 0.285. The van der Waals surface area contributed by atoms with Crippen LogP contribution in [0.5, 0.6) is 5.75 Å². The Morgan fingerprint density at radius 1 is 0.650 bits per heavy atom. The summed E-state index contributed by atoms with van der Waals surface area (Å²) in [6, 6.07) is 23.8. The highest BCUT2D eigenvalue weighted by molar-refractivity contribution is 9.10. The van der Waals surface area contributed by atoms with Crippen molar-refractivity contribution in [2.75, 3.05) is 0 Å². The maximum absolute atomic E-state index is 9.67. The first-order valence-corrected chi connectivity index (χ1v) is 7.18. The Labute approximate surface area is 126 Å². The van der Waals surface area contributed by atoms with Crippen molar-refractivity contribution in [2.45, 2.75) is 0 Å². The van der Waals surface area contributed by atoms with Crippen LogP contribution >= 0.6 is 15.9 Å². The lowest BCUT2D eigenvalue weighted by atomic mass is 9.94. The van der Waals surface area contributed by atoms with Crippen molar-refractivity contribution < 1.29 is 5.11 Å². The maximum atomic E-state index is 9.67. The number of aromatic hydroxyl groups is 1. The zero-order valence-corrected chi connectivity index (χ0v) is 12.3. The van der Waals surface area contributed by atoms with Gasteiger partial charge in [0.2, 0.25) is 0 Å². The lowest BCUT2D eigenvalue weighted by Gasteiger charge is -2.10. The van der Waals surface area contributed by atoms with Gasteiger partial charge in [0.25, 0.3) is 0 Å². The second-order valence-electron chi connectivity index (χ2n) is 4.60. The van der Waals surface area contributed by atoms with E-state index in [1.165, 1.54) is 0 Å². The molecule has 3 aromatic carbocycles. The number of phenolic OH excluding ortho intramolecular Hbond substituents is 1. The highest BCUT2D eigenvalue weighted by Crippen LogP contribution is 2.33. The fraction of sp³-hybridized carbons (Fsp3) is 0. The normalized spacial score (nSPS) is 10.4. The van der Waals surface area contributed by atoms with Crippen LogP contribution in [0.4, 0.5) is 0 Å². The fourth-order valence-corrected chi connectivity index (χ4v) is 2.55. The van der Waals surface area contributed by atoms with Crippen molar-refractivity contribution in [2.24, 2.45) is 0 Å². The molecule has 0 amide bonds. The van der Waals surface area contributed by atoms with Crippen LogP contribution in [0.2, 0.25) is 0 Å². The van der Waals surface area contributed by atoms with Gasteiger partial charge in [-0.2, -0.15) is 0 Å². The summed E-state index contributed by atoms with van der Waals surface area (Å²) in [5, 5.41) is 9.67. The third kappa shape index (κ3) is 2.61. The van der Waals surface area contributed by atoms with Gasteiger partial charge in [-0.1, -0.05) is 64.5 Å². The first-order chi connectivity index (χ1) is 9.74. The minimum Gasteiger partial charge on any atom is -0.508 e. The molecule has 0 heterocycles. The van der Waals surface area contributed by atoms with Crippen molar-refractivity contribution in [1.29, 1.82) is 0 Å². The van der Waals surface area contributed by atoms with E-state index in [2.05, 4.69) is 40.2 Å². The topological polar surface area (TPSA) is 20.2 Å². The van der Waals surface area contributed by atoms with Crippen molar-refractivity contribution in [3.05, 3.63) is 77.3 Å². The molecule has 0 spiro atoms. The fourth-order valence-electron chi connectivity index (χ4n) is 2.29. The van der Waals surface area contributed by atoms with E-state index in [4.69, 9.17) is 0 Å². The van der Waals surface area contributed by atoms with Gasteiger partial charge in [-0.3, -0.25) is 0 Å². The molecule has 3 rings (SSSR count). The highest BCUT2D eigenvalue weighted by Gasteiger charge is 2.07. The van der Waals surface area contributed by atoms with Gasteiger partial charge in [-0.15, -0.1) is 0 Å². The molecule has 0 fully saturated rings. The van der Waals surface area contributed by atoms with E-state index in [0.717, 1.165) is 26.7 Å². The Kier molecular flexibility index (Phi) is 3.57. The van der Waals surface area contributed by atoms with Crippen LogP contribution in [-0.2, 0) is 0 Å². The van der Waals surface area contributed by atoms with E-state index >= 15 is 0 Å². The molecular formula is C18H13BrO. The molecule has 0 unspecified atom stereocenters. The minimum absolute atomic E-state index is 0.285. The van der Waals surface area contributed by atoms with Crippen LogP contribution < -0.4 is 0 Å². The molecule has 1 nitrogen and oxygen atoms in total. The second kappa shape index (κ2) is 5.51. The molecule has 0 aromatic heterocycles. The molecule has 2 heteroatoms. The summed E-state index contributed by atoms with van der Waals surface area (Å²) >= 11 is 3.46. The van der Waals surface area contributed by atoms with E-state index in [9.17, 15) is 5.11 Å². The van der Waals surface area contributed by atoms with E-state index in [1.54, 1.807) is 12.1 Å².